The molecule has 9 heteroatoms. The normalized spacial score (nSPS) is 11.1. The first-order valence-electron chi connectivity index (χ1n) is 10.4. The molecule has 3 aromatic heterocycles. The van der Waals surface area contributed by atoms with Gasteiger partial charge in [0.15, 0.2) is 0 Å². The van der Waals surface area contributed by atoms with Crippen LogP contribution in [0.3, 0.4) is 0 Å². The molecule has 0 saturated heterocycles. The number of anilines is 2. The maximum atomic E-state index is 12.7. The van der Waals surface area contributed by atoms with Crippen LogP contribution in [0.4, 0.5) is 11.4 Å². The molecule has 0 aliphatic heterocycles. The lowest BCUT2D eigenvalue weighted by Crippen LogP contribution is -2.21. The van der Waals surface area contributed by atoms with E-state index in [2.05, 4.69) is 34.0 Å². The fourth-order valence-electron chi connectivity index (χ4n) is 3.46. The smallest absolute Gasteiger partial charge is 0.260 e. The zero-order valence-electron chi connectivity index (χ0n) is 17.9. The summed E-state index contributed by atoms with van der Waals surface area (Å²) < 4.78 is 0. The lowest BCUT2D eigenvalue weighted by molar-refractivity contribution is -0.113. The summed E-state index contributed by atoms with van der Waals surface area (Å²) in [6.07, 6.45) is 0. The molecule has 0 bridgehead atoms. The first kappa shape index (κ1) is 22.6. The fraction of sp³-hybridized carbons (Fsp3) is 0.261. The lowest BCUT2D eigenvalue weighted by Gasteiger charge is -2.21. The molecule has 166 valence electrons. The Balaban J connectivity index is 1.34. The van der Waals surface area contributed by atoms with Gasteiger partial charge in [-0.2, -0.15) is 0 Å². The van der Waals surface area contributed by atoms with Gasteiger partial charge in [-0.25, -0.2) is 4.98 Å². The van der Waals surface area contributed by atoms with Gasteiger partial charge in [-0.05, 0) is 49.6 Å². The van der Waals surface area contributed by atoms with Crippen LogP contribution >= 0.6 is 34.4 Å². The summed E-state index contributed by atoms with van der Waals surface area (Å²) in [5.74, 6) is 1.25. The third-order valence-electron chi connectivity index (χ3n) is 5.03. The number of thiophene rings is 2. The molecule has 0 aliphatic carbocycles. The summed E-state index contributed by atoms with van der Waals surface area (Å²) in [7, 11) is 0. The number of H-pyrrole nitrogens is 1. The Morgan fingerprint density at radius 3 is 2.62 bits per heavy atom. The largest absolute Gasteiger partial charge is 0.372 e. The number of aromatic nitrogens is 2. The van der Waals surface area contributed by atoms with E-state index in [4.69, 9.17) is 0 Å². The number of thioether (sulfide) groups is 1. The van der Waals surface area contributed by atoms with Crippen LogP contribution in [0.25, 0.3) is 20.7 Å². The molecule has 4 rings (SSSR count). The Kier molecular flexibility index (Phi) is 7.29. The van der Waals surface area contributed by atoms with E-state index in [0.29, 0.717) is 17.0 Å². The minimum Gasteiger partial charge on any atom is -0.372 e. The van der Waals surface area contributed by atoms with Crippen molar-refractivity contribution in [3.8, 4) is 10.4 Å². The van der Waals surface area contributed by atoms with Crippen molar-refractivity contribution in [1.82, 2.24) is 9.97 Å². The van der Waals surface area contributed by atoms with E-state index in [1.165, 1.54) is 23.1 Å². The molecule has 0 atom stereocenters. The minimum absolute atomic E-state index is 0.0786. The Labute approximate surface area is 198 Å². The number of nitrogens with zero attached hydrogens (tertiary/aromatic N) is 2. The van der Waals surface area contributed by atoms with E-state index < -0.39 is 0 Å². The monoisotopic (exact) mass is 484 g/mol. The van der Waals surface area contributed by atoms with Gasteiger partial charge in [0.1, 0.15) is 10.7 Å². The van der Waals surface area contributed by atoms with E-state index in [1.807, 2.05) is 47.2 Å². The predicted octanol–water partition coefficient (Wildman–Crippen LogP) is 5.43. The Hall–Kier alpha value is -2.62. The van der Waals surface area contributed by atoms with Crippen LogP contribution in [-0.2, 0) is 10.5 Å². The van der Waals surface area contributed by atoms with Gasteiger partial charge >= 0.3 is 0 Å². The van der Waals surface area contributed by atoms with Crippen molar-refractivity contribution in [2.45, 2.75) is 19.6 Å². The van der Waals surface area contributed by atoms with Gasteiger partial charge in [-0.3, -0.25) is 9.59 Å². The predicted molar refractivity (Wildman–Crippen MR) is 138 cm³/mol. The van der Waals surface area contributed by atoms with Crippen molar-refractivity contribution < 1.29 is 4.79 Å². The maximum Gasteiger partial charge on any atom is 0.260 e. The zero-order valence-corrected chi connectivity index (χ0v) is 20.3. The fourth-order valence-corrected chi connectivity index (χ4v) is 5.93. The molecule has 1 amide bonds. The molecular weight excluding hydrogens is 460 g/mol. The van der Waals surface area contributed by atoms with E-state index >= 15 is 0 Å². The van der Waals surface area contributed by atoms with E-state index in [0.717, 1.165) is 39.7 Å². The standard InChI is InChI=1S/C23H24N4O2S3/c1-3-27(4-2)16-9-7-15(8-10-16)24-20(28)14-30-13-19-25-22(29)21-17(12-32-23(21)26-19)18-6-5-11-31-18/h5-12H,3-4,13-14H2,1-2H3,(H,24,28)(H,25,26,29). The topological polar surface area (TPSA) is 78.1 Å². The van der Waals surface area contributed by atoms with Gasteiger partial charge in [-0.15, -0.1) is 34.4 Å². The van der Waals surface area contributed by atoms with Crippen LogP contribution in [0.5, 0.6) is 0 Å². The summed E-state index contributed by atoms with van der Waals surface area (Å²) in [6.45, 7) is 6.14. The molecule has 32 heavy (non-hydrogen) atoms. The minimum atomic E-state index is -0.131. The molecule has 3 heterocycles. The average Bonchev–Trinajstić information content (AvgIpc) is 3.46. The van der Waals surface area contributed by atoms with Gasteiger partial charge in [0.2, 0.25) is 5.91 Å². The van der Waals surface area contributed by atoms with Crippen molar-refractivity contribution >= 4 is 61.9 Å². The van der Waals surface area contributed by atoms with E-state index in [9.17, 15) is 9.59 Å². The third-order valence-corrected chi connectivity index (χ3v) is 7.75. The number of hydrogen-bond donors (Lipinski definition) is 2. The van der Waals surface area contributed by atoms with E-state index in [1.54, 1.807) is 11.3 Å². The first-order chi connectivity index (χ1) is 15.6. The van der Waals surface area contributed by atoms with Gasteiger partial charge in [0, 0.05) is 40.3 Å². The van der Waals surface area contributed by atoms with Crippen LogP contribution < -0.4 is 15.8 Å². The number of fused-ring (bicyclic) bond motifs is 1. The molecule has 0 saturated carbocycles. The SMILES string of the molecule is CCN(CC)c1ccc(NC(=O)CSCc2nc3scc(-c4cccs4)c3c(=O)[nH]2)cc1. The molecule has 0 fully saturated rings. The van der Waals surface area contributed by atoms with Crippen LogP contribution in [0.1, 0.15) is 19.7 Å². The van der Waals surface area contributed by atoms with Gasteiger partial charge in [0.25, 0.3) is 5.56 Å². The van der Waals surface area contributed by atoms with Crippen molar-refractivity contribution in [2.24, 2.45) is 0 Å². The highest BCUT2D eigenvalue weighted by Crippen LogP contribution is 2.33. The Morgan fingerprint density at radius 1 is 1.16 bits per heavy atom. The number of benzene rings is 1. The van der Waals surface area contributed by atoms with Crippen molar-refractivity contribution in [3.05, 3.63) is 63.3 Å². The molecule has 6 nitrogen and oxygen atoms in total. The van der Waals surface area contributed by atoms with E-state index in [-0.39, 0.29) is 17.2 Å². The highest BCUT2D eigenvalue weighted by atomic mass is 32.2. The number of carbonyl (C=O) groups is 1. The molecule has 1 aromatic carbocycles. The maximum absolute atomic E-state index is 12.7. The second kappa shape index (κ2) is 10.3. The highest BCUT2D eigenvalue weighted by molar-refractivity contribution is 7.99. The molecule has 0 unspecified atom stereocenters. The summed E-state index contributed by atoms with van der Waals surface area (Å²) in [5, 5.41) is 7.54. The number of aromatic amines is 1. The number of amides is 1. The molecule has 0 aliphatic rings. The second-order valence-corrected chi connectivity index (χ2v) is 9.87. The third kappa shape index (κ3) is 5.06. The van der Waals surface area contributed by atoms with Crippen molar-refractivity contribution in [2.75, 3.05) is 29.1 Å². The second-order valence-electron chi connectivity index (χ2n) is 7.08. The summed E-state index contributed by atoms with van der Waals surface area (Å²) in [5.41, 5.74) is 2.72. The molecule has 0 radical (unpaired) electrons. The van der Waals surface area contributed by atoms with Crippen molar-refractivity contribution in [3.63, 3.8) is 0 Å². The summed E-state index contributed by atoms with van der Waals surface area (Å²) in [6, 6.07) is 11.9. The summed E-state index contributed by atoms with van der Waals surface area (Å²) in [4.78, 5) is 36.5. The van der Waals surface area contributed by atoms with Gasteiger partial charge < -0.3 is 15.2 Å². The molecule has 0 spiro atoms. The summed E-state index contributed by atoms with van der Waals surface area (Å²) >= 11 is 4.50. The number of carbonyl (C=O) groups excluding carboxylic acids is 1. The zero-order chi connectivity index (χ0) is 22.5. The van der Waals surface area contributed by atoms with Crippen LogP contribution in [0.15, 0.2) is 52.0 Å². The number of nitrogens with one attached hydrogen (secondary N) is 2. The van der Waals surface area contributed by atoms with Gasteiger partial charge in [-0.1, -0.05) is 6.07 Å². The van der Waals surface area contributed by atoms with Gasteiger partial charge in [0.05, 0.1) is 16.9 Å². The number of rotatable bonds is 9. The average molecular weight is 485 g/mol. The van der Waals surface area contributed by atoms with Crippen LogP contribution in [-0.4, -0.2) is 34.7 Å². The van der Waals surface area contributed by atoms with Crippen molar-refractivity contribution in [1.29, 1.82) is 0 Å². The lowest BCUT2D eigenvalue weighted by atomic mass is 10.2. The first-order valence-corrected chi connectivity index (χ1v) is 13.3. The number of hydrogen-bond acceptors (Lipinski definition) is 7. The quantitative estimate of drug-likeness (QED) is 0.331. The molecule has 4 aromatic rings. The molecule has 2 N–H and O–H groups in total. The Morgan fingerprint density at radius 2 is 1.94 bits per heavy atom. The highest BCUT2D eigenvalue weighted by Gasteiger charge is 2.14. The van der Waals surface area contributed by atoms with Crippen LogP contribution in [0.2, 0.25) is 0 Å². The van der Waals surface area contributed by atoms with Crippen LogP contribution in [0, 0.1) is 0 Å². The Bertz CT molecular complexity index is 1240. The molecular formula is C23H24N4O2S3.